The van der Waals surface area contributed by atoms with Crippen LogP contribution in [0.25, 0.3) is 11.3 Å². The van der Waals surface area contributed by atoms with Crippen LogP contribution in [0.5, 0.6) is 0 Å². The minimum atomic E-state index is -0.753. The number of aryl methyl sites for hydroxylation is 1. The lowest BCUT2D eigenvalue weighted by Gasteiger charge is -2.20. The van der Waals surface area contributed by atoms with Gasteiger partial charge in [0.15, 0.2) is 0 Å². The Bertz CT molecular complexity index is 723. The van der Waals surface area contributed by atoms with Crippen molar-refractivity contribution in [2.45, 2.75) is 18.9 Å². The van der Waals surface area contributed by atoms with Gasteiger partial charge in [0.05, 0.1) is 11.8 Å². The smallest absolute Gasteiger partial charge is 0.270 e. The molecular formula is C16H16N4OS. The summed E-state index contributed by atoms with van der Waals surface area (Å²) in [4.78, 5) is 12.3. The molecule has 1 aromatic heterocycles. The van der Waals surface area contributed by atoms with Crippen molar-refractivity contribution in [1.82, 2.24) is 15.5 Å². The third-order valence-electron chi connectivity index (χ3n) is 3.76. The van der Waals surface area contributed by atoms with Gasteiger partial charge in [-0.15, -0.1) is 0 Å². The van der Waals surface area contributed by atoms with E-state index >= 15 is 0 Å². The molecule has 0 spiro atoms. The second-order valence-electron chi connectivity index (χ2n) is 5.48. The molecule has 1 fully saturated rings. The third kappa shape index (κ3) is 2.85. The number of benzene rings is 1. The van der Waals surface area contributed by atoms with Crippen molar-refractivity contribution < 1.29 is 4.79 Å². The van der Waals surface area contributed by atoms with Crippen LogP contribution in [0.15, 0.2) is 30.3 Å². The first-order valence-corrected chi connectivity index (χ1v) is 8.21. The maximum Gasteiger partial charge on any atom is 0.270 e. The van der Waals surface area contributed by atoms with Gasteiger partial charge in [0, 0.05) is 11.3 Å². The van der Waals surface area contributed by atoms with Crippen LogP contribution in [-0.4, -0.2) is 33.1 Å². The van der Waals surface area contributed by atoms with E-state index in [-0.39, 0.29) is 5.91 Å². The highest BCUT2D eigenvalue weighted by molar-refractivity contribution is 7.99. The highest BCUT2D eigenvalue weighted by Crippen LogP contribution is 2.27. The summed E-state index contributed by atoms with van der Waals surface area (Å²) in [6, 6.07) is 11.9. The molecule has 2 aromatic rings. The van der Waals surface area contributed by atoms with Crippen molar-refractivity contribution in [3.05, 3.63) is 41.6 Å². The van der Waals surface area contributed by atoms with Crippen molar-refractivity contribution in [3.63, 3.8) is 0 Å². The molecule has 1 amide bonds. The predicted molar refractivity (Wildman–Crippen MR) is 86.5 cm³/mol. The van der Waals surface area contributed by atoms with E-state index in [2.05, 4.69) is 21.6 Å². The number of hydrogen-bond acceptors (Lipinski definition) is 4. The minimum absolute atomic E-state index is 0.282. The van der Waals surface area contributed by atoms with Crippen LogP contribution < -0.4 is 5.32 Å². The highest BCUT2D eigenvalue weighted by Gasteiger charge is 2.36. The van der Waals surface area contributed by atoms with Crippen LogP contribution in [0.1, 0.15) is 22.5 Å². The van der Waals surface area contributed by atoms with E-state index in [1.165, 1.54) is 5.56 Å². The van der Waals surface area contributed by atoms with Gasteiger partial charge >= 0.3 is 0 Å². The number of nitrogens with one attached hydrogen (secondary N) is 2. The van der Waals surface area contributed by atoms with Crippen LogP contribution in [-0.2, 0) is 0 Å². The largest absolute Gasteiger partial charge is 0.332 e. The molecule has 2 heterocycles. The van der Waals surface area contributed by atoms with Crippen molar-refractivity contribution >= 4 is 17.7 Å². The predicted octanol–water partition coefficient (Wildman–Crippen LogP) is 2.51. The standard InChI is InChI=1S/C16H16N4OS/c1-11-2-4-12(5-3-11)13-8-14(20-19-13)15(21)18-16(9-17)6-7-22-10-16/h2-5,8H,6-7,10H2,1H3,(H,18,21)(H,19,20). The first-order valence-electron chi connectivity index (χ1n) is 7.06. The summed E-state index contributed by atoms with van der Waals surface area (Å²) in [5, 5.41) is 19.1. The van der Waals surface area contributed by atoms with E-state index in [0.29, 0.717) is 17.9 Å². The van der Waals surface area contributed by atoms with Gasteiger partial charge in [-0.2, -0.15) is 22.1 Å². The fourth-order valence-corrected chi connectivity index (χ4v) is 3.64. The molecule has 22 heavy (non-hydrogen) atoms. The van der Waals surface area contributed by atoms with Crippen LogP contribution in [0, 0.1) is 18.3 Å². The SMILES string of the molecule is Cc1ccc(-c2cc(C(=O)NC3(C#N)CCSC3)[nH]n2)cc1. The first kappa shape index (κ1) is 14.7. The molecule has 0 bridgehead atoms. The lowest BCUT2D eigenvalue weighted by molar-refractivity contribution is 0.0921. The Balaban J connectivity index is 1.77. The van der Waals surface area contributed by atoms with Gasteiger partial charge in [0.1, 0.15) is 11.2 Å². The van der Waals surface area contributed by atoms with Gasteiger partial charge < -0.3 is 5.32 Å². The average molecular weight is 312 g/mol. The average Bonchev–Trinajstić information content (AvgIpc) is 3.18. The molecular weight excluding hydrogens is 296 g/mol. The molecule has 1 unspecified atom stereocenters. The van der Waals surface area contributed by atoms with Gasteiger partial charge in [-0.1, -0.05) is 29.8 Å². The van der Waals surface area contributed by atoms with Crippen LogP contribution in [0.2, 0.25) is 0 Å². The molecule has 1 atom stereocenters. The van der Waals surface area contributed by atoms with Crippen molar-refractivity contribution in [2.75, 3.05) is 11.5 Å². The van der Waals surface area contributed by atoms with Gasteiger partial charge in [-0.25, -0.2) is 0 Å². The van der Waals surface area contributed by atoms with Crippen LogP contribution in [0.3, 0.4) is 0 Å². The summed E-state index contributed by atoms with van der Waals surface area (Å²) < 4.78 is 0. The lowest BCUT2D eigenvalue weighted by Crippen LogP contribution is -2.47. The monoisotopic (exact) mass is 312 g/mol. The number of H-pyrrole nitrogens is 1. The van der Waals surface area contributed by atoms with Crippen LogP contribution in [0.4, 0.5) is 0 Å². The number of aromatic nitrogens is 2. The third-order valence-corrected chi connectivity index (χ3v) is 4.95. The van der Waals surface area contributed by atoms with E-state index in [0.717, 1.165) is 17.0 Å². The Morgan fingerprint density at radius 3 is 2.86 bits per heavy atom. The number of aromatic amines is 1. The highest BCUT2D eigenvalue weighted by atomic mass is 32.2. The maximum atomic E-state index is 12.3. The quantitative estimate of drug-likeness (QED) is 0.912. The molecule has 5 nitrogen and oxygen atoms in total. The summed E-state index contributed by atoms with van der Waals surface area (Å²) in [7, 11) is 0. The van der Waals surface area contributed by atoms with Crippen LogP contribution >= 0.6 is 11.8 Å². The summed E-state index contributed by atoms with van der Waals surface area (Å²) in [6.45, 7) is 2.02. The topological polar surface area (TPSA) is 81.6 Å². The Hall–Kier alpha value is -2.26. The van der Waals surface area contributed by atoms with E-state index in [1.807, 2.05) is 31.2 Å². The number of nitrogens with zero attached hydrogens (tertiary/aromatic N) is 2. The Morgan fingerprint density at radius 1 is 1.45 bits per heavy atom. The molecule has 1 aromatic carbocycles. The Kier molecular flexibility index (Phi) is 3.90. The fourth-order valence-electron chi connectivity index (χ4n) is 2.37. The van der Waals surface area contributed by atoms with E-state index in [1.54, 1.807) is 17.8 Å². The van der Waals surface area contributed by atoms with E-state index in [4.69, 9.17) is 0 Å². The summed E-state index contributed by atoms with van der Waals surface area (Å²) in [5.74, 6) is 1.24. The molecule has 0 radical (unpaired) electrons. The maximum absolute atomic E-state index is 12.3. The summed E-state index contributed by atoms with van der Waals surface area (Å²) in [6.07, 6.45) is 0.679. The molecule has 0 saturated carbocycles. The number of hydrogen-bond donors (Lipinski definition) is 2. The molecule has 1 aliphatic rings. The molecule has 0 aliphatic carbocycles. The van der Waals surface area contributed by atoms with E-state index in [9.17, 15) is 10.1 Å². The Morgan fingerprint density at radius 2 is 2.23 bits per heavy atom. The number of thioether (sulfide) groups is 1. The van der Waals surface area contributed by atoms with E-state index < -0.39 is 5.54 Å². The zero-order valence-electron chi connectivity index (χ0n) is 12.2. The molecule has 2 N–H and O–H groups in total. The Labute approximate surface area is 133 Å². The number of carbonyl (C=O) groups is 1. The minimum Gasteiger partial charge on any atom is -0.332 e. The lowest BCUT2D eigenvalue weighted by atomic mass is 10.0. The van der Waals surface area contributed by atoms with Crippen molar-refractivity contribution in [2.24, 2.45) is 0 Å². The number of amides is 1. The molecule has 1 saturated heterocycles. The molecule has 1 aliphatic heterocycles. The molecule has 3 rings (SSSR count). The van der Waals surface area contributed by atoms with Crippen molar-refractivity contribution in [3.8, 4) is 17.3 Å². The normalized spacial score (nSPS) is 20.5. The van der Waals surface area contributed by atoms with Crippen molar-refractivity contribution in [1.29, 1.82) is 5.26 Å². The molecule has 112 valence electrons. The number of carbonyl (C=O) groups excluding carboxylic acids is 1. The van der Waals surface area contributed by atoms with Gasteiger partial charge in [0.25, 0.3) is 5.91 Å². The van der Waals surface area contributed by atoms with Gasteiger partial charge in [-0.3, -0.25) is 9.89 Å². The number of nitriles is 1. The first-order chi connectivity index (χ1) is 10.6. The second-order valence-corrected chi connectivity index (χ2v) is 6.59. The fraction of sp³-hybridized carbons (Fsp3) is 0.312. The zero-order valence-corrected chi connectivity index (χ0v) is 13.0. The van der Waals surface area contributed by atoms with Gasteiger partial charge in [0.2, 0.25) is 0 Å². The number of rotatable bonds is 3. The molecule has 6 heteroatoms. The zero-order chi connectivity index (χ0) is 15.6. The summed E-state index contributed by atoms with van der Waals surface area (Å²) >= 11 is 1.68. The second kappa shape index (κ2) is 5.85. The van der Waals surface area contributed by atoms with Gasteiger partial charge in [-0.05, 0) is 25.2 Å². The summed E-state index contributed by atoms with van der Waals surface area (Å²) in [5.41, 5.74) is 2.47.